The highest BCUT2D eigenvalue weighted by Gasteiger charge is 2.15. The second-order valence-electron chi connectivity index (χ2n) is 8.88. The zero-order valence-corrected chi connectivity index (χ0v) is 20.2. The van der Waals surface area contributed by atoms with E-state index in [9.17, 15) is 15.0 Å². The third-order valence-electron chi connectivity index (χ3n) is 6.11. The molecule has 0 atom stereocenters. The molecule has 0 saturated heterocycles. The Morgan fingerprint density at radius 2 is 1.13 bits per heavy atom. The predicted octanol–water partition coefficient (Wildman–Crippen LogP) is 8.10. The Kier molecular flexibility index (Phi) is 15.8. The van der Waals surface area contributed by atoms with Crippen molar-refractivity contribution in [3.63, 3.8) is 0 Å². The Morgan fingerprint density at radius 1 is 0.677 bits per heavy atom. The number of rotatable bonds is 19. The average Bonchev–Trinajstić information content (AvgIpc) is 2.77. The highest BCUT2D eigenvalue weighted by atomic mass is 16.3. The first-order chi connectivity index (χ1) is 15.1. The van der Waals surface area contributed by atoms with Gasteiger partial charge in [0.25, 0.3) is 0 Å². The van der Waals surface area contributed by atoms with Crippen molar-refractivity contribution in [2.75, 3.05) is 11.4 Å². The van der Waals surface area contributed by atoms with Gasteiger partial charge in [-0.15, -0.1) is 0 Å². The molecule has 0 spiro atoms. The van der Waals surface area contributed by atoms with Gasteiger partial charge < -0.3 is 15.1 Å². The molecule has 0 saturated carbocycles. The number of aromatic hydroxyl groups is 2. The lowest BCUT2D eigenvalue weighted by atomic mass is 10.0. The molecular formula is C27H47NO3. The molecule has 0 aliphatic rings. The number of phenolic OH excluding ortho intramolecular Hbond substituents is 2. The van der Waals surface area contributed by atoms with E-state index in [1.54, 1.807) is 11.0 Å². The van der Waals surface area contributed by atoms with Gasteiger partial charge in [-0.25, -0.2) is 0 Å². The van der Waals surface area contributed by atoms with E-state index < -0.39 is 0 Å². The van der Waals surface area contributed by atoms with E-state index in [-0.39, 0.29) is 17.4 Å². The average molecular weight is 434 g/mol. The number of hydrogen-bond acceptors (Lipinski definition) is 3. The van der Waals surface area contributed by atoms with E-state index in [0.717, 1.165) is 12.8 Å². The summed E-state index contributed by atoms with van der Waals surface area (Å²) in [6, 6.07) is 4.60. The van der Waals surface area contributed by atoms with E-state index >= 15 is 0 Å². The van der Waals surface area contributed by atoms with Crippen molar-refractivity contribution >= 4 is 11.6 Å². The standard InChI is InChI=1S/C27H47NO3/c1-3-5-6-7-8-9-10-11-12-13-14-15-16-17-18-19-22-28(27(31)4-2)24-20-21-25(29)26(30)23-24/h20-21,23,29-30H,3-19,22H2,1-2H3. The van der Waals surface area contributed by atoms with Gasteiger partial charge in [-0.05, 0) is 18.6 Å². The Hall–Kier alpha value is -1.71. The zero-order valence-electron chi connectivity index (χ0n) is 20.2. The van der Waals surface area contributed by atoms with Crippen LogP contribution in [0.15, 0.2) is 18.2 Å². The number of hydrogen-bond donors (Lipinski definition) is 2. The number of carbonyl (C=O) groups is 1. The Bertz CT molecular complexity index is 588. The van der Waals surface area contributed by atoms with Gasteiger partial charge in [0, 0.05) is 24.7 Å². The van der Waals surface area contributed by atoms with Crippen molar-refractivity contribution in [3.05, 3.63) is 18.2 Å². The van der Waals surface area contributed by atoms with Crippen LogP contribution < -0.4 is 4.90 Å². The third-order valence-corrected chi connectivity index (χ3v) is 6.11. The molecule has 0 aliphatic heterocycles. The number of phenols is 2. The molecule has 1 aromatic rings. The normalized spacial score (nSPS) is 11.0. The summed E-state index contributed by atoms with van der Waals surface area (Å²) in [6.07, 6.45) is 21.7. The van der Waals surface area contributed by atoms with Gasteiger partial charge in [0.2, 0.25) is 5.91 Å². The van der Waals surface area contributed by atoms with Crippen molar-refractivity contribution in [2.45, 2.75) is 123 Å². The molecule has 0 unspecified atom stereocenters. The Labute approximate surface area is 191 Å². The highest BCUT2D eigenvalue weighted by molar-refractivity contribution is 5.93. The van der Waals surface area contributed by atoms with Crippen LogP contribution in [0.3, 0.4) is 0 Å². The first-order valence-electron chi connectivity index (χ1n) is 12.9. The van der Waals surface area contributed by atoms with Crippen LogP contribution in [0.25, 0.3) is 0 Å². The van der Waals surface area contributed by atoms with Gasteiger partial charge in [0.05, 0.1) is 0 Å². The topological polar surface area (TPSA) is 60.8 Å². The summed E-state index contributed by atoms with van der Waals surface area (Å²) in [7, 11) is 0. The molecule has 178 valence electrons. The molecular weight excluding hydrogens is 386 g/mol. The van der Waals surface area contributed by atoms with E-state index in [4.69, 9.17) is 0 Å². The van der Waals surface area contributed by atoms with Crippen LogP contribution in [0, 0.1) is 0 Å². The highest BCUT2D eigenvalue weighted by Crippen LogP contribution is 2.30. The van der Waals surface area contributed by atoms with Crippen LogP contribution >= 0.6 is 0 Å². The summed E-state index contributed by atoms with van der Waals surface area (Å²) in [6.45, 7) is 4.79. The summed E-state index contributed by atoms with van der Waals surface area (Å²) in [5.74, 6) is -0.292. The second kappa shape index (κ2) is 17.9. The maximum Gasteiger partial charge on any atom is 0.226 e. The Morgan fingerprint density at radius 3 is 1.55 bits per heavy atom. The lowest BCUT2D eigenvalue weighted by Gasteiger charge is -2.22. The molecule has 0 bridgehead atoms. The van der Waals surface area contributed by atoms with Crippen molar-refractivity contribution in [1.82, 2.24) is 0 Å². The van der Waals surface area contributed by atoms with Crippen molar-refractivity contribution in [2.24, 2.45) is 0 Å². The molecule has 0 fully saturated rings. The molecule has 1 rings (SSSR count). The van der Waals surface area contributed by atoms with Crippen molar-refractivity contribution in [3.8, 4) is 11.5 Å². The lowest BCUT2D eigenvalue weighted by molar-refractivity contribution is -0.118. The smallest absolute Gasteiger partial charge is 0.226 e. The van der Waals surface area contributed by atoms with Crippen molar-refractivity contribution in [1.29, 1.82) is 0 Å². The van der Waals surface area contributed by atoms with Crippen molar-refractivity contribution < 1.29 is 15.0 Å². The van der Waals surface area contributed by atoms with Gasteiger partial charge in [0.15, 0.2) is 11.5 Å². The minimum absolute atomic E-state index is 0.0473. The summed E-state index contributed by atoms with van der Waals surface area (Å²) >= 11 is 0. The number of amides is 1. The fourth-order valence-corrected chi connectivity index (χ4v) is 4.09. The fraction of sp³-hybridized carbons (Fsp3) is 0.741. The van der Waals surface area contributed by atoms with Crippen LogP contribution in [0.2, 0.25) is 0 Å². The SMILES string of the molecule is CCCCCCCCCCCCCCCCCCN(C(=O)CC)c1ccc(O)c(O)c1. The predicted molar refractivity (Wildman–Crippen MR) is 132 cm³/mol. The first-order valence-corrected chi connectivity index (χ1v) is 12.9. The number of anilines is 1. The van der Waals surface area contributed by atoms with Crippen LogP contribution in [-0.2, 0) is 4.79 Å². The quantitative estimate of drug-likeness (QED) is 0.171. The van der Waals surface area contributed by atoms with Gasteiger partial charge in [0.1, 0.15) is 0 Å². The third kappa shape index (κ3) is 12.7. The molecule has 4 heteroatoms. The Balaban J connectivity index is 2.04. The van der Waals surface area contributed by atoms with Crippen LogP contribution in [-0.4, -0.2) is 22.7 Å². The molecule has 0 aliphatic carbocycles. The molecule has 31 heavy (non-hydrogen) atoms. The van der Waals surface area contributed by atoms with Gasteiger partial charge in [-0.1, -0.05) is 110 Å². The van der Waals surface area contributed by atoms with Crippen LogP contribution in [0.5, 0.6) is 11.5 Å². The largest absolute Gasteiger partial charge is 0.504 e. The van der Waals surface area contributed by atoms with E-state index in [1.807, 2.05) is 6.92 Å². The zero-order chi connectivity index (χ0) is 22.7. The summed E-state index contributed by atoms with van der Waals surface area (Å²) in [5, 5.41) is 19.2. The second-order valence-corrected chi connectivity index (χ2v) is 8.88. The van der Waals surface area contributed by atoms with E-state index in [0.29, 0.717) is 18.7 Å². The number of unbranched alkanes of at least 4 members (excludes halogenated alkanes) is 15. The van der Waals surface area contributed by atoms with Crippen LogP contribution in [0.1, 0.15) is 123 Å². The molecule has 0 radical (unpaired) electrons. The molecule has 2 N–H and O–H groups in total. The molecule has 1 amide bonds. The maximum absolute atomic E-state index is 12.3. The summed E-state index contributed by atoms with van der Waals surface area (Å²) < 4.78 is 0. The number of nitrogens with zero attached hydrogens (tertiary/aromatic N) is 1. The minimum atomic E-state index is -0.182. The molecule has 1 aromatic carbocycles. The molecule has 0 aromatic heterocycles. The number of carbonyl (C=O) groups excluding carboxylic acids is 1. The number of benzene rings is 1. The van der Waals surface area contributed by atoms with Gasteiger partial charge >= 0.3 is 0 Å². The minimum Gasteiger partial charge on any atom is -0.504 e. The lowest BCUT2D eigenvalue weighted by Crippen LogP contribution is -2.31. The molecule has 4 nitrogen and oxygen atoms in total. The van der Waals surface area contributed by atoms with E-state index in [2.05, 4.69) is 6.92 Å². The monoisotopic (exact) mass is 433 g/mol. The molecule has 0 heterocycles. The van der Waals surface area contributed by atoms with Gasteiger partial charge in [-0.2, -0.15) is 0 Å². The summed E-state index contributed by atoms with van der Waals surface area (Å²) in [4.78, 5) is 14.0. The van der Waals surface area contributed by atoms with Crippen LogP contribution in [0.4, 0.5) is 5.69 Å². The first kappa shape index (κ1) is 27.3. The fourth-order valence-electron chi connectivity index (χ4n) is 4.09. The summed E-state index contributed by atoms with van der Waals surface area (Å²) in [5.41, 5.74) is 0.656. The maximum atomic E-state index is 12.3. The van der Waals surface area contributed by atoms with E-state index in [1.165, 1.54) is 102 Å². The van der Waals surface area contributed by atoms with Gasteiger partial charge in [-0.3, -0.25) is 4.79 Å².